The van der Waals surface area contributed by atoms with Gasteiger partial charge in [-0.1, -0.05) is 91.0 Å². The lowest BCUT2D eigenvalue weighted by molar-refractivity contribution is -0.384. The second-order valence-corrected chi connectivity index (χ2v) is 11.7. The zero-order chi connectivity index (χ0) is 30.2. The van der Waals surface area contributed by atoms with Gasteiger partial charge in [0.15, 0.2) is 0 Å². The number of benzene rings is 4. The molecular weight excluding hydrogens is 552 g/mol. The summed E-state index contributed by atoms with van der Waals surface area (Å²) >= 11 is 1.48. The van der Waals surface area contributed by atoms with Gasteiger partial charge in [0.2, 0.25) is 0 Å². The first-order valence-electron chi connectivity index (χ1n) is 13.3. The minimum absolute atomic E-state index is 0.115. The lowest BCUT2D eigenvalue weighted by Crippen LogP contribution is -2.47. The van der Waals surface area contributed by atoms with Gasteiger partial charge in [0, 0.05) is 17.9 Å². The molecule has 1 atom stereocenters. The molecule has 9 heteroatoms. The number of nitrogens with zero attached hydrogens (tertiary/aromatic N) is 1. The maximum Gasteiger partial charge on any atom is 0.408 e. The Labute approximate surface area is 249 Å². The van der Waals surface area contributed by atoms with Crippen LogP contribution in [0.3, 0.4) is 0 Å². The number of hydrogen-bond donors (Lipinski definition) is 1. The number of amides is 1. The number of carbonyl (C=O) groups excluding carboxylic acids is 2. The van der Waals surface area contributed by atoms with Crippen LogP contribution in [0.1, 0.15) is 37.5 Å². The number of thioether (sulfide) groups is 1. The molecule has 0 radical (unpaired) electrons. The Kier molecular flexibility index (Phi) is 9.64. The van der Waals surface area contributed by atoms with E-state index in [1.165, 1.54) is 36.0 Å². The molecule has 0 saturated heterocycles. The monoisotopic (exact) mass is 584 g/mol. The number of carbonyl (C=O) groups is 2. The van der Waals surface area contributed by atoms with E-state index in [-0.39, 0.29) is 17.2 Å². The summed E-state index contributed by atoms with van der Waals surface area (Å²) in [5.41, 5.74) is 2.06. The molecule has 1 N–H and O–H groups in total. The van der Waals surface area contributed by atoms with Gasteiger partial charge in [-0.25, -0.2) is 9.59 Å². The van der Waals surface area contributed by atoms with Gasteiger partial charge in [-0.15, -0.1) is 11.8 Å². The molecule has 0 spiro atoms. The fourth-order valence-electron chi connectivity index (χ4n) is 4.42. The van der Waals surface area contributed by atoms with Crippen molar-refractivity contribution in [1.29, 1.82) is 0 Å². The highest BCUT2D eigenvalue weighted by atomic mass is 32.2. The fourth-order valence-corrected chi connectivity index (χ4v) is 5.96. The fraction of sp³-hybridized carbons (Fsp3) is 0.212. The average Bonchev–Trinajstić information content (AvgIpc) is 2.98. The molecule has 4 aromatic rings. The third kappa shape index (κ3) is 7.55. The van der Waals surface area contributed by atoms with Gasteiger partial charge in [-0.2, -0.15) is 0 Å². The molecule has 42 heavy (non-hydrogen) atoms. The highest BCUT2D eigenvalue weighted by Gasteiger charge is 2.39. The van der Waals surface area contributed by atoms with E-state index in [0.717, 1.165) is 16.7 Å². The van der Waals surface area contributed by atoms with Crippen LogP contribution in [-0.4, -0.2) is 34.4 Å². The second-order valence-electron chi connectivity index (χ2n) is 10.5. The number of non-ortho nitro benzene ring substituents is 1. The Morgan fingerprint density at radius 3 is 1.64 bits per heavy atom. The van der Waals surface area contributed by atoms with Crippen LogP contribution in [0.5, 0.6) is 5.75 Å². The molecule has 8 nitrogen and oxygen atoms in total. The number of ether oxygens (including phenoxy) is 2. The first kappa shape index (κ1) is 30.3. The molecule has 4 rings (SSSR count). The van der Waals surface area contributed by atoms with Crippen LogP contribution in [0.4, 0.5) is 10.5 Å². The molecular formula is C33H32N2O6S. The minimum atomic E-state index is -1.12. The smallest absolute Gasteiger partial charge is 0.408 e. The van der Waals surface area contributed by atoms with Crippen LogP contribution in [0.15, 0.2) is 115 Å². The van der Waals surface area contributed by atoms with E-state index >= 15 is 0 Å². The zero-order valence-corrected chi connectivity index (χ0v) is 24.4. The summed E-state index contributed by atoms with van der Waals surface area (Å²) in [7, 11) is 0. The van der Waals surface area contributed by atoms with Crippen molar-refractivity contribution in [1.82, 2.24) is 5.32 Å². The molecule has 1 unspecified atom stereocenters. The number of nitrogens with one attached hydrogen (secondary N) is 1. The van der Waals surface area contributed by atoms with Crippen molar-refractivity contribution in [2.45, 2.75) is 37.2 Å². The Hall–Kier alpha value is -4.63. The summed E-state index contributed by atoms with van der Waals surface area (Å²) in [6.07, 6.45) is -0.765. The Morgan fingerprint density at radius 2 is 1.24 bits per heavy atom. The Morgan fingerprint density at radius 1 is 0.786 bits per heavy atom. The molecule has 0 saturated carbocycles. The number of nitro groups is 1. The third-order valence-electron chi connectivity index (χ3n) is 6.25. The largest absolute Gasteiger partial charge is 0.444 e. The van der Waals surface area contributed by atoms with Gasteiger partial charge in [-0.3, -0.25) is 10.1 Å². The van der Waals surface area contributed by atoms with Gasteiger partial charge in [0.1, 0.15) is 17.4 Å². The van der Waals surface area contributed by atoms with Crippen molar-refractivity contribution in [3.63, 3.8) is 0 Å². The number of alkyl carbamates (subject to hydrolysis) is 1. The second kappa shape index (κ2) is 13.4. The molecule has 0 aromatic heterocycles. The molecule has 1 amide bonds. The van der Waals surface area contributed by atoms with Crippen LogP contribution in [0.25, 0.3) is 0 Å². The van der Waals surface area contributed by atoms with Gasteiger partial charge in [0.05, 0.1) is 9.67 Å². The van der Waals surface area contributed by atoms with E-state index in [2.05, 4.69) is 5.32 Å². The van der Waals surface area contributed by atoms with Crippen LogP contribution < -0.4 is 10.1 Å². The molecule has 216 valence electrons. The summed E-state index contributed by atoms with van der Waals surface area (Å²) < 4.78 is 10.3. The molecule has 0 heterocycles. The highest BCUT2D eigenvalue weighted by molar-refractivity contribution is 8.00. The molecule has 0 aliphatic carbocycles. The summed E-state index contributed by atoms with van der Waals surface area (Å²) in [6.45, 7) is 5.20. The summed E-state index contributed by atoms with van der Waals surface area (Å²) in [4.78, 5) is 36.9. The van der Waals surface area contributed by atoms with E-state index < -0.39 is 33.4 Å². The molecule has 0 aliphatic rings. The molecule has 0 aliphatic heterocycles. The summed E-state index contributed by atoms with van der Waals surface area (Å²) in [6, 6.07) is 34.0. The van der Waals surface area contributed by atoms with Crippen molar-refractivity contribution < 1.29 is 24.0 Å². The van der Waals surface area contributed by atoms with Crippen LogP contribution in [0.2, 0.25) is 0 Å². The predicted molar refractivity (Wildman–Crippen MR) is 164 cm³/mol. The van der Waals surface area contributed by atoms with E-state index in [9.17, 15) is 19.7 Å². The van der Waals surface area contributed by atoms with Crippen molar-refractivity contribution in [3.05, 3.63) is 142 Å². The summed E-state index contributed by atoms with van der Waals surface area (Å²) in [5.74, 6) is -0.499. The third-order valence-corrected chi connectivity index (χ3v) is 7.89. The highest BCUT2D eigenvalue weighted by Crippen LogP contribution is 2.48. The Bertz CT molecular complexity index is 1390. The van der Waals surface area contributed by atoms with E-state index in [1.54, 1.807) is 20.8 Å². The number of hydrogen-bond acceptors (Lipinski definition) is 7. The lowest BCUT2D eigenvalue weighted by atomic mass is 9.84. The number of esters is 1. The standard InChI is InChI=1S/C33H32N2O6S/c1-32(2,3)41-31(37)34-29(30(36)40-28-21-19-27(20-22-28)35(38)39)23-42-33(24-13-7-4-8-14-24,25-15-9-5-10-16-25)26-17-11-6-12-18-26/h4-22,29H,23H2,1-3H3,(H,34,37). The van der Waals surface area contributed by atoms with Crippen LogP contribution in [-0.2, 0) is 14.3 Å². The number of rotatable bonds is 10. The van der Waals surface area contributed by atoms with Crippen LogP contribution >= 0.6 is 11.8 Å². The SMILES string of the molecule is CC(C)(C)OC(=O)NC(CSC(c1ccccc1)(c1ccccc1)c1ccccc1)C(=O)Oc1ccc([N+](=O)[O-])cc1. The molecule has 0 fully saturated rings. The first-order valence-corrected chi connectivity index (χ1v) is 14.3. The molecule has 4 aromatic carbocycles. The molecule has 0 bridgehead atoms. The first-order chi connectivity index (χ1) is 20.1. The number of nitro benzene ring substituents is 1. The lowest BCUT2D eigenvalue weighted by Gasteiger charge is -2.36. The van der Waals surface area contributed by atoms with E-state index in [4.69, 9.17) is 9.47 Å². The van der Waals surface area contributed by atoms with E-state index in [0.29, 0.717) is 0 Å². The maximum absolute atomic E-state index is 13.5. The topological polar surface area (TPSA) is 108 Å². The maximum atomic E-state index is 13.5. The average molecular weight is 585 g/mol. The van der Waals surface area contributed by atoms with Gasteiger partial charge in [0.25, 0.3) is 5.69 Å². The van der Waals surface area contributed by atoms with Gasteiger partial charge >= 0.3 is 12.1 Å². The van der Waals surface area contributed by atoms with Crippen LogP contribution in [0, 0.1) is 10.1 Å². The van der Waals surface area contributed by atoms with E-state index in [1.807, 2.05) is 91.0 Å². The van der Waals surface area contributed by atoms with Crippen molar-refractivity contribution in [2.24, 2.45) is 0 Å². The van der Waals surface area contributed by atoms with Gasteiger partial charge in [-0.05, 0) is 49.6 Å². The Balaban J connectivity index is 1.72. The minimum Gasteiger partial charge on any atom is -0.444 e. The van der Waals surface area contributed by atoms with Crippen molar-refractivity contribution >= 4 is 29.5 Å². The zero-order valence-electron chi connectivity index (χ0n) is 23.6. The normalized spacial score (nSPS) is 12.2. The van der Waals surface area contributed by atoms with Gasteiger partial charge < -0.3 is 14.8 Å². The quantitative estimate of drug-likeness (QED) is 0.0695. The van der Waals surface area contributed by atoms with Crippen molar-refractivity contribution in [3.8, 4) is 5.75 Å². The predicted octanol–water partition coefficient (Wildman–Crippen LogP) is 7.12. The van der Waals surface area contributed by atoms with Crippen molar-refractivity contribution in [2.75, 3.05) is 5.75 Å². The summed E-state index contributed by atoms with van der Waals surface area (Å²) in [5, 5.41) is 13.7.